The molecule has 0 saturated heterocycles. The summed E-state index contributed by atoms with van der Waals surface area (Å²) in [6.45, 7) is 8.03. The third-order valence-electron chi connectivity index (χ3n) is 3.97. The fourth-order valence-corrected chi connectivity index (χ4v) is 4.17. The van der Waals surface area contributed by atoms with Crippen LogP contribution in [0.5, 0.6) is 5.75 Å². The molecule has 0 N–H and O–H groups in total. The topological polar surface area (TPSA) is 47.9 Å². The summed E-state index contributed by atoms with van der Waals surface area (Å²) in [5, 5.41) is 5.01. The number of Topliss-reactive ketones (excluding diaryl/α,β-unsaturated/α-hetero) is 1. The van der Waals surface area contributed by atoms with Crippen LogP contribution in [0.2, 0.25) is 13.1 Å². The number of hydrogen-bond acceptors (Lipinski definition) is 4. The Morgan fingerprint density at radius 2 is 1.69 bits per heavy atom. The van der Waals surface area contributed by atoms with Gasteiger partial charge in [0.1, 0.15) is 26.2 Å². The molecule has 6 heteroatoms. The average molecular weight is 374 g/mol. The van der Waals surface area contributed by atoms with Crippen molar-refractivity contribution < 1.29 is 18.8 Å². The van der Waals surface area contributed by atoms with Gasteiger partial charge in [-0.2, -0.15) is 0 Å². The van der Waals surface area contributed by atoms with Crippen molar-refractivity contribution in [1.29, 1.82) is 0 Å². The lowest BCUT2D eigenvalue weighted by Crippen LogP contribution is -2.47. The van der Waals surface area contributed by atoms with E-state index in [1.54, 1.807) is 12.1 Å². The van der Waals surface area contributed by atoms with Crippen LogP contribution in [0.4, 0.5) is 4.39 Å². The lowest BCUT2D eigenvalue weighted by atomic mass is 10.1. The molecule has 26 heavy (non-hydrogen) atoms. The molecular formula is C20H24FNO3Si. The number of carbonyl (C=O) groups excluding carboxylic acids is 1. The summed E-state index contributed by atoms with van der Waals surface area (Å²) in [5.41, 5.74) is 0.979. The highest BCUT2D eigenvalue weighted by Crippen LogP contribution is 2.16. The number of rotatable bonds is 8. The van der Waals surface area contributed by atoms with Crippen molar-refractivity contribution in [1.82, 2.24) is 0 Å². The Bertz CT molecular complexity index is 771. The van der Waals surface area contributed by atoms with Gasteiger partial charge in [0.05, 0.1) is 6.23 Å². The Labute approximate surface area is 154 Å². The van der Waals surface area contributed by atoms with E-state index in [0.29, 0.717) is 24.1 Å². The average Bonchev–Trinajstić information content (AvgIpc) is 2.61. The molecule has 0 fully saturated rings. The molecule has 0 aliphatic heterocycles. The van der Waals surface area contributed by atoms with E-state index in [-0.39, 0.29) is 11.6 Å². The summed E-state index contributed by atoms with van der Waals surface area (Å²) in [7, 11) is -1.84. The quantitative estimate of drug-likeness (QED) is 0.403. The van der Waals surface area contributed by atoms with E-state index < -0.39 is 8.07 Å². The first-order valence-corrected chi connectivity index (χ1v) is 11.7. The van der Waals surface area contributed by atoms with Crippen molar-refractivity contribution in [2.24, 2.45) is 5.16 Å². The summed E-state index contributed by atoms with van der Waals surface area (Å²) in [6, 6.07) is 13.8. The minimum atomic E-state index is -1.84. The smallest absolute Gasteiger partial charge is 0.182 e. The Kier molecular flexibility index (Phi) is 6.68. The lowest BCUT2D eigenvalue weighted by molar-refractivity contribution is -0.111. The molecule has 0 amide bonds. The number of ketones is 1. The molecule has 0 heterocycles. The van der Waals surface area contributed by atoms with Gasteiger partial charge in [-0.25, -0.2) is 4.39 Å². The zero-order valence-corrected chi connectivity index (χ0v) is 16.6. The number of carbonyl (C=O) groups is 1. The van der Waals surface area contributed by atoms with Crippen molar-refractivity contribution in [3.05, 3.63) is 59.9 Å². The fraction of sp³-hybridized carbons (Fsp3) is 0.300. The molecule has 0 saturated carbocycles. The standard InChI is InChI=1S/C20H24FNO3Si/c1-5-25-22-20(15(2)23)16-6-10-18(11-7-16)24-14-26(3,4)19-12-8-17(21)9-13-19/h6-13H,5,14H2,1-4H3. The number of nitrogens with zero attached hydrogens (tertiary/aromatic N) is 1. The highest BCUT2D eigenvalue weighted by molar-refractivity contribution is 6.89. The summed E-state index contributed by atoms with van der Waals surface area (Å²) >= 11 is 0. The molecule has 0 spiro atoms. The second kappa shape index (κ2) is 8.76. The highest BCUT2D eigenvalue weighted by Gasteiger charge is 2.24. The highest BCUT2D eigenvalue weighted by atomic mass is 28.3. The summed E-state index contributed by atoms with van der Waals surface area (Å²) in [6.07, 6.45) is 0.574. The molecule has 0 aromatic heterocycles. The fourth-order valence-electron chi connectivity index (χ4n) is 2.41. The first-order valence-electron chi connectivity index (χ1n) is 8.53. The van der Waals surface area contributed by atoms with Crippen LogP contribution >= 0.6 is 0 Å². The molecule has 2 aromatic rings. The Morgan fingerprint density at radius 1 is 1.08 bits per heavy atom. The SMILES string of the molecule is CCON=C(C(C)=O)c1ccc(OC[Si](C)(C)c2ccc(F)cc2)cc1. The third kappa shape index (κ3) is 5.26. The zero-order chi connectivity index (χ0) is 19.2. The van der Waals surface area contributed by atoms with Gasteiger partial charge in [-0.15, -0.1) is 0 Å². The molecule has 0 atom stereocenters. The van der Waals surface area contributed by atoms with Crippen LogP contribution < -0.4 is 9.92 Å². The van der Waals surface area contributed by atoms with E-state index in [4.69, 9.17) is 9.57 Å². The molecule has 138 valence electrons. The third-order valence-corrected chi connectivity index (χ3v) is 6.73. The second-order valence-corrected chi connectivity index (χ2v) is 11.3. The zero-order valence-electron chi connectivity index (χ0n) is 15.6. The van der Waals surface area contributed by atoms with Crippen LogP contribution in [0.1, 0.15) is 19.4 Å². The number of benzene rings is 2. The lowest BCUT2D eigenvalue weighted by Gasteiger charge is -2.23. The molecule has 0 aliphatic carbocycles. The van der Waals surface area contributed by atoms with Crippen molar-refractivity contribution >= 4 is 24.8 Å². The van der Waals surface area contributed by atoms with Crippen molar-refractivity contribution in [2.45, 2.75) is 26.9 Å². The number of halogens is 1. The van der Waals surface area contributed by atoms with Gasteiger partial charge in [-0.1, -0.05) is 35.6 Å². The molecule has 0 bridgehead atoms. The largest absolute Gasteiger partial charge is 0.497 e. The predicted molar refractivity (Wildman–Crippen MR) is 104 cm³/mol. The van der Waals surface area contributed by atoms with E-state index >= 15 is 0 Å². The molecule has 0 aliphatic rings. The maximum absolute atomic E-state index is 13.1. The van der Waals surface area contributed by atoms with Crippen LogP contribution in [0, 0.1) is 5.82 Å². The van der Waals surface area contributed by atoms with E-state index in [0.717, 1.165) is 10.9 Å². The van der Waals surface area contributed by atoms with Crippen molar-refractivity contribution in [3.8, 4) is 5.75 Å². The second-order valence-electron chi connectivity index (χ2n) is 6.62. The van der Waals surface area contributed by atoms with Gasteiger partial charge in [0.15, 0.2) is 11.5 Å². The van der Waals surface area contributed by atoms with E-state index in [1.165, 1.54) is 19.1 Å². The van der Waals surface area contributed by atoms with E-state index in [9.17, 15) is 9.18 Å². The van der Waals surface area contributed by atoms with Gasteiger partial charge in [0.2, 0.25) is 0 Å². The predicted octanol–water partition coefficient (Wildman–Crippen LogP) is 3.69. The summed E-state index contributed by atoms with van der Waals surface area (Å²) in [4.78, 5) is 16.7. The number of hydrogen-bond donors (Lipinski definition) is 0. The number of ether oxygens (including phenoxy) is 1. The van der Waals surface area contributed by atoms with Crippen molar-refractivity contribution in [3.63, 3.8) is 0 Å². The molecule has 0 radical (unpaired) electrons. The first-order chi connectivity index (χ1) is 12.3. The monoisotopic (exact) mass is 373 g/mol. The van der Waals surface area contributed by atoms with E-state index in [2.05, 4.69) is 18.2 Å². The van der Waals surface area contributed by atoms with Crippen molar-refractivity contribution in [2.75, 3.05) is 12.8 Å². The molecule has 2 rings (SSSR count). The molecule has 0 unspecified atom stereocenters. The number of oxime groups is 1. The van der Waals surface area contributed by atoms with Gasteiger partial charge in [-0.3, -0.25) is 4.79 Å². The molecular weight excluding hydrogens is 349 g/mol. The Hall–Kier alpha value is -2.47. The molecule has 4 nitrogen and oxygen atoms in total. The minimum Gasteiger partial charge on any atom is -0.497 e. The maximum atomic E-state index is 13.1. The first kappa shape index (κ1) is 19.8. The van der Waals surface area contributed by atoms with Gasteiger partial charge < -0.3 is 9.57 Å². The van der Waals surface area contributed by atoms with Crippen LogP contribution in [0.15, 0.2) is 53.7 Å². The van der Waals surface area contributed by atoms with Crippen LogP contribution in [0.25, 0.3) is 0 Å². The van der Waals surface area contributed by atoms with Crippen LogP contribution in [0.3, 0.4) is 0 Å². The van der Waals surface area contributed by atoms with Gasteiger partial charge in [0, 0.05) is 12.5 Å². The van der Waals surface area contributed by atoms with Crippen LogP contribution in [-0.2, 0) is 9.63 Å². The Morgan fingerprint density at radius 3 is 2.23 bits per heavy atom. The van der Waals surface area contributed by atoms with Gasteiger partial charge >= 0.3 is 0 Å². The van der Waals surface area contributed by atoms with Gasteiger partial charge in [-0.05, 0) is 43.3 Å². The van der Waals surface area contributed by atoms with Gasteiger partial charge in [0.25, 0.3) is 0 Å². The maximum Gasteiger partial charge on any atom is 0.182 e. The normalized spacial score (nSPS) is 12.0. The summed E-state index contributed by atoms with van der Waals surface area (Å²) < 4.78 is 19.0. The molecule has 2 aromatic carbocycles. The minimum absolute atomic E-state index is 0.156. The summed E-state index contributed by atoms with van der Waals surface area (Å²) in [5.74, 6) is 0.331. The van der Waals surface area contributed by atoms with E-state index in [1.807, 2.05) is 31.2 Å². The Balaban J connectivity index is 2.07. The van der Waals surface area contributed by atoms with Crippen LogP contribution in [-0.4, -0.2) is 32.4 Å².